The molecule has 0 amide bonds. The Morgan fingerprint density at radius 2 is 1.87 bits per heavy atom. The molecule has 0 bridgehead atoms. The van der Waals surface area contributed by atoms with Gasteiger partial charge in [0.15, 0.2) is 5.78 Å². The Balaban J connectivity index is 2.55. The van der Waals surface area contributed by atoms with E-state index in [0.717, 1.165) is 37.7 Å². The third-order valence-electron chi connectivity index (χ3n) is 3.34. The summed E-state index contributed by atoms with van der Waals surface area (Å²) in [5.41, 5.74) is 0.610. The molecule has 0 aromatic heterocycles. The lowest BCUT2D eigenvalue weighted by atomic mass is 9.80. The molecule has 0 atom stereocenters. The second-order valence-corrected chi connectivity index (χ2v) is 4.64. The van der Waals surface area contributed by atoms with Gasteiger partial charge in [-0.3, -0.25) is 4.79 Å². The quantitative estimate of drug-likeness (QED) is 0.651. The Labute approximate surface area is 92.7 Å². The summed E-state index contributed by atoms with van der Waals surface area (Å²) >= 11 is 0. The summed E-state index contributed by atoms with van der Waals surface area (Å²) in [4.78, 5) is 12.1. The molecule has 1 rings (SSSR count). The van der Waals surface area contributed by atoms with Crippen molar-refractivity contribution in [2.75, 3.05) is 7.11 Å². The number of rotatable bonds is 5. The highest BCUT2D eigenvalue weighted by molar-refractivity contribution is 5.87. The fourth-order valence-corrected chi connectivity index (χ4v) is 2.27. The summed E-state index contributed by atoms with van der Waals surface area (Å²) in [6.45, 7) is 5.79. The first-order valence-electron chi connectivity index (χ1n) is 5.83. The van der Waals surface area contributed by atoms with Gasteiger partial charge in [0.1, 0.15) is 5.60 Å². The van der Waals surface area contributed by atoms with Crippen LogP contribution in [0.5, 0.6) is 0 Å². The van der Waals surface area contributed by atoms with Crippen molar-refractivity contribution in [1.29, 1.82) is 0 Å². The van der Waals surface area contributed by atoms with Gasteiger partial charge in [-0.15, -0.1) is 6.58 Å². The molecule has 1 aliphatic carbocycles. The zero-order valence-electron chi connectivity index (χ0n) is 9.97. The van der Waals surface area contributed by atoms with Crippen LogP contribution in [0.1, 0.15) is 51.9 Å². The van der Waals surface area contributed by atoms with Crippen LogP contribution >= 0.6 is 0 Å². The first-order valence-corrected chi connectivity index (χ1v) is 5.83. The van der Waals surface area contributed by atoms with Crippen LogP contribution in [0.15, 0.2) is 12.2 Å². The molecule has 15 heavy (non-hydrogen) atoms. The molecule has 0 N–H and O–H groups in total. The lowest BCUT2D eigenvalue weighted by molar-refractivity contribution is -0.145. The minimum atomic E-state index is -0.465. The predicted octanol–water partition coefficient (Wildman–Crippen LogP) is 3.26. The highest BCUT2D eigenvalue weighted by Gasteiger charge is 2.38. The van der Waals surface area contributed by atoms with Crippen LogP contribution in [0.2, 0.25) is 0 Å². The first-order chi connectivity index (χ1) is 7.10. The Kier molecular flexibility index (Phi) is 4.52. The van der Waals surface area contributed by atoms with E-state index < -0.39 is 5.60 Å². The fraction of sp³-hybridized carbons (Fsp3) is 0.769. The Morgan fingerprint density at radius 3 is 2.33 bits per heavy atom. The summed E-state index contributed by atoms with van der Waals surface area (Å²) in [5, 5.41) is 0. The SMILES string of the molecule is C=C(C)CCC(=O)C1(OC)CCCCC1. The van der Waals surface area contributed by atoms with Crippen LogP contribution in [-0.2, 0) is 9.53 Å². The van der Waals surface area contributed by atoms with E-state index in [-0.39, 0.29) is 5.78 Å². The van der Waals surface area contributed by atoms with Gasteiger partial charge in [0, 0.05) is 13.5 Å². The van der Waals surface area contributed by atoms with Crippen molar-refractivity contribution in [1.82, 2.24) is 0 Å². The zero-order chi connectivity index (χ0) is 11.3. The molecular weight excluding hydrogens is 188 g/mol. The maximum absolute atomic E-state index is 12.1. The van der Waals surface area contributed by atoms with Crippen molar-refractivity contribution >= 4 is 5.78 Å². The first kappa shape index (κ1) is 12.4. The molecule has 0 aliphatic heterocycles. The molecule has 2 nitrogen and oxygen atoms in total. The van der Waals surface area contributed by atoms with Crippen LogP contribution in [0, 0.1) is 0 Å². The summed E-state index contributed by atoms with van der Waals surface area (Å²) in [7, 11) is 1.67. The lowest BCUT2D eigenvalue weighted by Gasteiger charge is -2.34. The Hall–Kier alpha value is -0.630. The maximum atomic E-state index is 12.1. The molecule has 0 unspecified atom stereocenters. The summed E-state index contributed by atoms with van der Waals surface area (Å²) in [5.74, 6) is 0.271. The van der Waals surface area contributed by atoms with Crippen molar-refractivity contribution in [3.05, 3.63) is 12.2 Å². The largest absolute Gasteiger partial charge is 0.370 e. The van der Waals surface area contributed by atoms with Crippen molar-refractivity contribution in [2.24, 2.45) is 0 Å². The van der Waals surface area contributed by atoms with Gasteiger partial charge in [-0.25, -0.2) is 0 Å². The van der Waals surface area contributed by atoms with E-state index in [1.807, 2.05) is 6.92 Å². The minimum absolute atomic E-state index is 0.271. The average Bonchev–Trinajstić information content (AvgIpc) is 2.26. The molecule has 86 valence electrons. The number of Topliss-reactive ketones (excluding diaryl/α,β-unsaturated/α-hetero) is 1. The van der Waals surface area contributed by atoms with Gasteiger partial charge in [0.2, 0.25) is 0 Å². The van der Waals surface area contributed by atoms with Crippen molar-refractivity contribution in [3.63, 3.8) is 0 Å². The number of carbonyl (C=O) groups excluding carboxylic acids is 1. The average molecular weight is 210 g/mol. The normalized spacial score (nSPS) is 19.9. The van der Waals surface area contributed by atoms with Crippen LogP contribution in [0.3, 0.4) is 0 Å². The molecule has 1 fully saturated rings. The van der Waals surface area contributed by atoms with E-state index in [4.69, 9.17) is 4.74 Å². The van der Waals surface area contributed by atoms with Gasteiger partial charge < -0.3 is 4.74 Å². The number of hydrogen-bond acceptors (Lipinski definition) is 2. The molecule has 0 aromatic rings. The molecule has 0 heterocycles. The van der Waals surface area contributed by atoms with E-state index >= 15 is 0 Å². The van der Waals surface area contributed by atoms with E-state index in [9.17, 15) is 4.79 Å². The maximum Gasteiger partial charge on any atom is 0.164 e. The summed E-state index contributed by atoms with van der Waals surface area (Å²) < 4.78 is 5.49. The summed E-state index contributed by atoms with van der Waals surface area (Å²) in [6, 6.07) is 0. The van der Waals surface area contributed by atoms with Crippen LogP contribution in [-0.4, -0.2) is 18.5 Å². The molecule has 0 spiro atoms. The third-order valence-corrected chi connectivity index (χ3v) is 3.34. The van der Waals surface area contributed by atoms with Crippen LogP contribution in [0.4, 0.5) is 0 Å². The summed E-state index contributed by atoms with van der Waals surface area (Å²) in [6.07, 6.45) is 6.66. The standard InChI is InChI=1S/C13H22O2/c1-11(2)7-8-12(14)13(15-3)9-5-4-6-10-13/h1,4-10H2,2-3H3. The smallest absolute Gasteiger partial charge is 0.164 e. The number of hydrogen-bond donors (Lipinski definition) is 0. The molecule has 2 heteroatoms. The van der Waals surface area contributed by atoms with Gasteiger partial charge in [0.25, 0.3) is 0 Å². The zero-order valence-corrected chi connectivity index (χ0v) is 9.97. The van der Waals surface area contributed by atoms with E-state index in [1.165, 1.54) is 6.42 Å². The number of methoxy groups -OCH3 is 1. The molecular formula is C13H22O2. The molecule has 1 saturated carbocycles. The highest BCUT2D eigenvalue weighted by atomic mass is 16.5. The molecule has 0 saturated heterocycles. The van der Waals surface area contributed by atoms with Crippen LogP contribution in [0.25, 0.3) is 0 Å². The van der Waals surface area contributed by atoms with Gasteiger partial charge in [-0.1, -0.05) is 24.8 Å². The van der Waals surface area contributed by atoms with Crippen LogP contribution < -0.4 is 0 Å². The van der Waals surface area contributed by atoms with Crippen molar-refractivity contribution in [3.8, 4) is 0 Å². The third kappa shape index (κ3) is 3.16. The number of allylic oxidation sites excluding steroid dienone is 1. The van der Waals surface area contributed by atoms with E-state index in [0.29, 0.717) is 6.42 Å². The number of ketones is 1. The Bertz CT molecular complexity index is 237. The van der Waals surface area contributed by atoms with Crippen molar-refractivity contribution < 1.29 is 9.53 Å². The second-order valence-electron chi connectivity index (χ2n) is 4.64. The topological polar surface area (TPSA) is 26.3 Å². The monoisotopic (exact) mass is 210 g/mol. The minimum Gasteiger partial charge on any atom is -0.370 e. The van der Waals surface area contributed by atoms with Gasteiger partial charge in [0.05, 0.1) is 0 Å². The number of ether oxygens (including phenoxy) is 1. The highest BCUT2D eigenvalue weighted by Crippen LogP contribution is 2.33. The van der Waals surface area contributed by atoms with E-state index in [2.05, 4.69) is 6.58 Å². The lowest BCUT2D eigenvalue weighted by Crippen LogP contribution is -2.42. The Morgan fingerprint density at radius 1 is 1.27 bits per heavy atom. The van der Waals surface area contributed by atoms with Gasteiger partial charge in [-0.05, 0) is 26.2 Å². The molecule has 1 aliphatic rings. The number of carbonyl (C=O) groups is 1. The fourth-order valence-electron chi connectivity index (χ4n) is 2.27. The molecule has 0 radical (unpaired) electrons. The second kappa shape index (κ2) is 5.45. The predicted molar refractivity (Wildman–Crippen MR) is 61.9 cm³/mol. The molecule has 0 aromatic carbocycles. The van der Waals surface area contributed by atoms with Crippen molar-refractivity contribution in [2.45, 2.75) is 57.5 Å². The van der Waals surface area contributed by atoms with Gasteiger partial charge >= 0.3 is 0 Å². The van der Waals surface area contributed by atoms with Gasteiger partial charge in [-0.2, -0.15) is 0 Å². The van der Waals surface area contributed by atoms with E-state index in [1.54, 1.807) is 7.11 Å².